The topological polar surface area (TPSA) is 71.2 Å². The normalized spacial score (nSPS) is 33.3. The zero-order valence-corrected chi connectivity index (χ0v) is 7.34. The smallest absolute Gasteiger partial charge is 0.214 e. The van der Waals surface area contributed by atoms with Crippen LogP contribution in [-0.4, -0.2) is 46.1 Å². The summed E-state index contributed by atoms with van der Waals surface area (Å²) in [7, 11) is -3.13. The molecule has 1 N–H and O–H groups in total. The van der Waals surface area contributed by atoms with Crippen LogP contribution in [0.4, 0.5) is 0 Å². The summed E-state index contributed by atoms with van der Waals surface area (Å²) in [6.45, 7) is 1.64. The van der Waals surface area contributed by atoms with E-state index in [1.165, 1.54) is 0 Å². The lowest BCUT2D eigenvalue weighted by Crippen LogP contribution is -2.31. The van der Waals surface area contributed by atoms with Gasteiger partial charge in [-0.3, -0.25) is 0 Å². The van der Waals surface area contributed by atoms with E-state index in [1.807, 2.05) is 0 Å². The van der Waals surface area contributed by atoms with Crippen molar-refractivity contribution in [2.75, 3.05) is 25.5 Å². The van der Waals surface area contributed by atoms with Crippen LogP contribution in [0.25, 0.3) is 0 Å². The van der Waals surface area contributed by atoms with Crippen molar-refractivity contribution < 1.29 is 17.9 Å². The summed E-state index contributed by atoms with van der Waals surface area (Å²) in [4.78, 5) is 0. The van der Waals surface area contributed by atoms with Gasteiger partial charge in [-0.2, -0.15) is 0 Å². The molecule has 2 unspecified atom stereocenters. The Bertz CT molecular complexity index is 255. The predicted octanol–water partition coefficient (Wildman–Crippen LogP) is -1.30. The van der Waals surface area contributed by atoms with Crippen molar-refractivity contribution in [1.82, 2.24) is 4.72 Å². The summed E-state index contributed by atoms with van der Waals surface area (Å²) < 4.78 is 34.5. The van der Waals surface area contributed by atoms with Crippen LogP contribution in [0.3, 0.4) is 0 Å². The second-order valence-corrected chi connectivity index (χ2v) is 4.89. The van der Waals surface area contributed by atoms with Gasteiger partial charge < -0.3 is 9.47 Å². The first-order valence-electron chi connectivity index (χ1n) is 3.86. The third kappa shape index (κ3) is 2.71. The number of epoxide rings is 2. The van der Waals surface area contributed by atoms with Crippen LogP contribution >= 0.6 is 0 Å². The maximum Gasteiger partial charge on any atom is 0.214 e. The highest BCUT2D eigenvalue weighted by Crippen LogP contribution is 2.12. The Morgan fingerprint density at radius 2 is 1.83 bits per heavy atom. The van der Waals surface area contributed by atoms with Crippen LogP contribution in [-0.2, 0) is 19.5 Å². The first-order valence-corrected chi connectivity index (χ1v) is 5.51. The summed E-state index contributed by atoms with van der Waals surface area (Å²) in [5.41, 5.74) is 0. The molecule has 0 amide bonds. The number of nitrogens with one attached hydrogen (secondary N) is 1. The molecular weight excluding hydrogens is 182 g/mol. The molecule has 0 bridgehead atoms. The number of ether oxygens (including phenoxy) is 2. The lowest BCUT2D eigenvalue weighted by molar-refractivity contribution is 0.404. The molecule has 2 rings (SSSR count). The zero-order valence-electron chi connectivity index (χ0n) is 6.52. The Hall–Kier alpha value is -0.170. The fraction of sp³-hybridized carbons (Fsp3) is 1.00. The van der Waals surface area contributed by atoms with Gasteiger partial charge in [0.2, 0.25) is 10.0 Å². The van der Waals surface area contributed by atoms with E-state index in [-0.39, 0.29) is 18.0 Å². The van der Waals surface area contributed by atoms with Gasteiger partial charge in [0.1, 0.15) is 0 Å². The predicted molar refractivity (Wildman–Crippen MR) is 41.3 cm³/mol. The molecule has 2 saturated heterocycles. The van der Waals surface area contributed by atoms with E-state index in [0.717, 1.165) is 0 Å². The molecule has 2 aliphatic rings. The molecule has 2 fully saturated rings. The van der Waals surface area contributed by atoms with Crippen molar-refractivity contribution in [1.29, 1.82) is 0 Å². The van der Waals surface area contributed by atoms with Gasteiger partial charge in [-0.05, 0) is 0 Å². The molecule has 0 saturated carbocycles. The summed E-state index contributed by atoms with van der Waals surface area (Å²) in [6.07, 6.45) is 0.0162. The minimum atomic E-state index is -3.13. The van der Waals surface area contributed by atoms with Gasteiger partial charge in [-0.15, -0.1) is 0 Å². The van der Waals surface area contributed by atoms with Crippen LogP contribution in [0.2, 0.25) is 0 Å². The highest BCUT2D eigenvalue weighted by molar-refractivity contribution is 7.89. The Balaban J connectivity index is 1.74. The van der Waals surface area contributed by atoms with Gasteiger partial charge in [0.15, 0.2) is 0 Å². The van der Waals surface area contributed by atoms with Crippen molar-refractivity contribution in [3.63, 3.8) is 0 Å². The average molecular weight is 193 g/mol. The van der Waals surface area contributed by atoms with Crippen molar-refractivity contribution in [2.24, 2.45) is 0 Å². The van der Waals surface area contributed by atoms with E-state index in [0.29, 0.717) is 19.8 Å². The van der Waals surface area contributed by atoms with Crippen molar-refractivity contribution >= 4 is 10.0 Å². The van der Waals surface area contributed by atoms with Crippen LogP contribution in [0.1, 0.15) is 0 Å². The number of hydrogen-bond acceptors (Lipinski definition) is 4. The second-order valence-electron chi connectivity index (χ2n) is 3.04. The third-order valence-electron chi connectivity index (χ3n) is 1.74. The van der Waals surface area contributed by atoms with Crippen LogP contribution in [0.15, 0.2) is 0 Å². The summed E-state index contributed by atoms with van der Waals surface area (Å²) in [6, 6.07) is 0. The lowest BCUT2D eigenvalue weighted by atomic mass is 10.5. The summed E-state index contributed by atoms with van der Waals surface area (Å²) >= 11 is 0. The molecular formula is C6H11NO4S. The maximum atomic E-state index is 11.2. The Labute approximate surface area is 71.1 Å². The van der Waals surface area contributed by atoms with Crippen LogP contribution < -0.4 is 4.72 Å². The van der Waals surface area contributed by atoms with Gasteiger partial charge in [0, 0.05) is 6.54 Å². The van der Waals surface area contributed by atoms with Gasteiger partial charge in [0.25, 0.3) is 0 Å². The third-order valence-corrected chi connectivity index (χ3v) is 3.16. The summed E-state index contributed by atoms with van der Waals surface area (Å²) in [5.74, 6) is 0.0831. The average Bonchev–Trinajstić information content (AvgIpc) is 2.78. The highest BCUT2D eigenvalue weighted by Gasteiger charge is 2.31. The molecule has 0 radical (unpaired) electrons. The van der Waals surface area contributed by atoms with Crippen LogP contribution in [0, 0.1) is 0 Å². The Morgan fingerprint density at radius 3 is 2.33 bits per heavy atom. The number of hydrogen-bond donors (Lipinski definition) is 1. The Morgan fingerprint density at radius 1 is 1.25 bits per heavy atom. The molecule has 0 aromatic heterocycles. The first kappa shape index (κ1) is 8.43. The molecule has 0 aromatic rings. The standard InChI is InChI=1S/C6H11NO4S/c8-12(9,4-6-3-11-6)7-1-5-2-10-5/h5-7H,1-4H2. The first-order chi connectivity index (χ1) is 5.66. The van der Waals surface area contributed by atoms with Crippen molar-refractivity contribution in [3.05, 3.63) is 0 Å². The molecule has 70 valence electrons. The quantitative estimate of drug-likeness (QED) is 0.551. The van der Waals surface area contributed by atoms with E-state index in [1.54, 1.807) is 0 Å². The maximum absolute atomic E-state index is 11.2. The molecule has 12 heavy (non-hydrogen) atoms. The van der Waals surface area contributed by atoms with E-state index in [9.17, 15) is 8.42 Å². The molecule has 0 spiro atoms. The van der Waals surface area contributed by atoms with Gasteiger partial charge in [-0.1, -0.05) is 0 Å². The van der Waals surface area contributed by atoms with Crippen LogP contribution in [0.5, 0.6) is 0 Å². The van der Waals surface area contributed by atoms with Gasteiger partial charge in [-0.25, -0.2) is 13.1 Å². The molecule has 5 nitrogen and oxygen atoms in total. The van der Waals surface area contributed by atoms with Gasteiger partial charge >= 0.3 is 0 Å². The molecule has 0 aromatic carbocycles. The minimum Gasteiger partial charge on any atom is -0.372 e. The van der Waals surface area contributed by atoms with E-state index in [4.69, 9.17) is 9.47 Å². The molecule has 0 aliphatic carbocycles. The lowest BCUT2D eigenvalue weighted by Gasteiger charge is -2.01. The fourth-order valence-corrected chi connectivity index (χ4v) is 2.11. The second kappa shape index (κ2) is 2.95. The molecule has 2 aliphatic heterocycles. The monoisotopic (exact) mass is 193 g/mol. The number of sulfonamides is 1. The number of rotatable bonds is 5. The zero-order chi connectivity index (χ0) is 8.60. The SMILES string of the molecule is O=S(=O)(CC1CO1)NCC1CO1. The summed E-state index contributed by atoms with van der Waals surface area (Å²) in [5, 5.41) is 0. The molecule has 2 heterocycles. The molecule has 2 atom stereocenters. The van der Waals surface area contributed by atoms with E-state index >= 15 is 0 Å². The largest absolute Gasteiger partial charge is 0.372 e. The van der Waals surface area contributed by atoms with Crippen molar-refractivity contribution in [3.8, 4) is 0 Å². The minimum absolute atomic E-state index is 0.0809. The van der Waals surface area contributed by atoms with Crippen molar-refractivity contribution in [2.45, 2.75) is 12.2 Å². The Kier molecular flexibility index (Phi) is 2.07. The highest BCUT2D eigenvalue weighted by atomic mass is 32.2. The fourth-order valence-electron chi connectivity index (χ4n) is 0.874. The van der Waals surface area contributed by atoms with E-state index < -0.39 is 10.0 Å². The van der Waals surface area contributed by atoms with Gasteiger partial charge in [0.05, 0.1) is 31.2 Å². The van der Waals surface area contributed by atoms with E-state index in [2.05, 4.69) is 4.72 Å². The molecule has 6 heteroatoms.